The molecule has 1 aliphatic carbocycles. The van der Waals surface area contributed by atoms with Gasteiger partial charge in [0.15, 0.2) is 0 Å². The number of carbonyl (C=O) groups is 1. The Morgan fingerprint density at radius 3 is 2.71 bits per heavy atom. The zero-order valence-electron chi connectivity index (χ0n) is 11.7. The van der Waals surface area contributed by atoms with Crippen LogP contribution in [0.5, 0.6) is 0 Å². The standard InChI is InChI=1S/C14H18BrNO4S/c1-9-2-3-10(6-9)8-16-21(19,20)11-4-5-13(15)12(7-11)14(17)18/h4-5,7,9-10,16H,2-3,6,8H2,1H3,(H,17,18). The molecule has 0 radical (unpaired) electrons. The molecular formula is C14H18BrNO4S. The summed E-state index contributed by atoms with van der Waals surface area (Å²) in [5.74, 6) is -0.154. The fourth-order valence-corrected chi connectivity index (χ4v) is 4.21. The molecule has 1 saturated carbocycles. The fourth-order valence-electron chi connectivity index (χ4n) is 2.66. The predicted octanol–water partition coefficient (Wildman–Crippen LogP) is 2.86. The van der Waals surface area contributed by atoms with Gasteiger partial charge in [-0.1, -0.05) is 13.3 Å². The number of rotatable bonds is 5. The normalized spacial score (nSPS) is 22.4. The minimum absolute atomic E-state index is 0.0193. The second-order valence-electron chi connectivity index (χ2n) is 5.58. The highest BCUT2D eigenvalue weighted by atomic mass is 79.9. The molecule has 1 aliphatic rings. The number of carboxylic acid groups (broad SMARTS) is 1. The van der Waals surface area contributed by atoms with Crippen LogP contribution in [-0.4, -0.2) is 26.0 Å². The highest BCUT2D eigenvalue weighted by Crippen LogP contribution is 2.30. The van der Waals surface area contributed by atoms with Crippen molar-refractivity contribution in [3.05, 3.63) is 28.2 Å². The van der Waals surface area contributed by atoms with Crippen LogP contribution in [0.15, 0.2) is 27.6 Å². The third kappa shape index (κ3) is 4.05. The number of carboxylic acids is 1. The van der Waals surface area contributed by atoms with Crippen molar-refractivity contribution in [1.29, 1.82) is 0 Å². The van der Waals surface area contributed by atoms with Gasteiger partial charge in [0.25, 0.3) is 0 Å². The molecule has 21 heavy (non-hydrogen) atoms. The lowest BCUT2D eigenvalue weighted by atomic mass is 10.1. The van der Waals surface area contributed by atoms with Gasteiger partial charge in [-0.3, -0.25) is 0 Å². The van der Waals surface area contributed by atoms with E-state index >= 15 is 0 Å². The Morgan fingerprint density at radius 1 is 1.43 bits per heavy atom. The van der Waals surface area contributed by atoms with E-state index in [2.05, 4.69) is 27.6 Å². The molecule has 2 rings (SSSR count). The Morgan fingerprint density at radius 2 is 2.14 bits per heavy atom. The quantitative estimate of drug-likeness (QED) is 0.828. The largest absolute Gasteiger partial charge is 0.478 e. The molecule has 1 aromatic rings. The molecule has 0 spiro atoms. The van der Waals surface area contributed by atoms with Crippen LogP contribution in [0, 0.1) is 11.8 Å². The fraction of sp³-hybridized carbons (Fsp3) is 0.500. The van der Waals surface area contributed by atoms with Crippen molar-refractivity contribution in [3.8, 4) is 0 Å². The number of benzene rings is 1. The monoisotopic (exact) mass is 375 g/mol. The second-order valence-corrected chi connectivity index (χ2v) is 8.20. The van der Waals surface area contributed by atoms with Crippen molar-refractivity contribution in [2.24, 2.45) is 11.8 Å². The highest BCUT2D eigenvalue weighted by molar-refractivity contribution is 9.10. The van der Waals surface area contributed by atoms with Crippen molar-refractivity contribution in [3.63, 3.8) is 0 Å². The minimum atomic E-state index is -3.67. The Kier molecular flexibility index (Phi) is 5.06. The lowest BCUT2D eigenvalue weighted by Gasteiger charge is -2.12. The lowest BCUT2D eigenvalue weighted by Crippen LogP contribution is -2.28. The molecule has 0 saturated heterocycles. The first kappa shape index (κ1) is 16.5. The maximum atomic E-state index is 12.2. The maximum Gasteiger partial charge on any atom is 0.336 e. The van der Waals surface area contributed by atoms with Gasteiger partial charge in [-0.05, 0) is 58.8 Å². The number of aromatic carboxylic acids is 1. The second kappa shape index (κ2) is 6.46. The Balaban J connectivity index is 2.12. The summed E-state index contributed by atoms with van der Waals surface area (Å²) in [7, 11) is -3.67. The number of nitrogens with one attached hydrogen (secondary N) is 1. The van der Waals surface area contributed by atoms with E-state index in [-0.39, 0.29) is 10.5 Å². The van der Waals surface area contributed by atoms with Gasteiger partial charge in [-0.25, -0.2) is 17.9 Å². The molecule has 0 aromatic heterocycles. The number of sulfonamides is 1. The van der Waals surface area contributed by atoms with Crippen molar-refractivity contribution in [2.45, 2.75) is 31.1 Å². The van der Waals surface area contributed by atoms with Crippen LogP contribution >= 0.6 is 15.9 Å². The van der Waals surface area contributed by atoms with Crippen molar-refractivity contribution < 1.29 is 18.3 Å². The van der Waals surface area contributed by atoms with Crippen molar-refractivity contribution in [2.75, 3.05) is 6.54 Å². The molecule has 7 heteroatoms. The van der Waals surface area contributed by atoms with Gasteiger partial charge in [0.1, 0.15) is 0 Å². The molecule has 1 aromatic carbocycles. The van der Waals surface area contributed by atoms with Gasteiger partial charge in [0.05, 0.1) is 10.5 Å². The molecule has 5 nitrogen and oxygen atoms in total. The molecule has 2 atom stereocenters. The zero-order chi connectivity index (χ0) is 15.6. The summed E-state index contributed by atoms with van der Waals surface area (Å²) in [6, 6.07) is 4.01. The molecule has 2 N–H and O–H groups in total. The molecule has 0 heterocycles. The molecular weight excluding hydrogens is 358 g/mol. The minimum Gasteiger partial charge on any atom is -0.478 e. The summed E-state index contributed by atoms with van der Waals surface area (Å²) in [6.45, 7) is 2.58. The first-order valence-corrected chi connectivity index (χ1v) is 9.09. The zero-order valence-corrected chi connectivity index (χ0v) is 14.1. The van der Waals surface area contributed by atoms with Gasteiger partial charge in [-0.15, -0.1) is 0 Å². The summed E-state index contributed by atoms with van der Waals surface area (Å²) in [4.78, 5) is 11.0. The van der Waals surface area contributed by atoms with Crippen LogP contribution in [0.4, 0.5) is 0 Å². The average Bonchev–Trinajstić information content (AvgIpc) is 2.82. The van der Waals surface area contributed by atoms with E-state index < -0.39 is 16.0 Å². The third-order valence-corrected chi connectivity index (χ3v) is 5.96. The van der Waals surface area contributed by atoms with E-state index in [9.17, 15) is 13.2 Å². The van der Waals surface area contributed by atoms with E-state index in [1.165, 1.54) is 18.2 Å². The van der Waals surface area contributed by atoms with E-state index in [0.717, 1.165) is 19.3 Å². The van der Waals surface area contributed by atoms with Crippen LogP contribution in [-0.2, 0) is 10.0 Å². The van der Waals surface area contributed by atoms with Crippen LogP contribution in [0.1, 0.15) is 36.5 Å². The molecule has 0 bridgehead atoms. The predicted molar refractivity (Wildman–Crippen MR) is 82.8 cm³/mol. The topological polar surface area (TPSA) is 83.5 Å². The molecule has 0 amide bonds. The van der Waals surface area contributed by atoms with Crippen molar-refractivity contribution >= 4 is 31.9 Å². The molecule has 2 unspecified atom stereocenters. The van der Waals surface area contributed by atoms with Crippen LogP contribution in [0.25, 0.3) is 0 Å². The smallest absolute Gasteiger partial charge is 0.336 e. The van der Waals surface area contributed by atoms with Crippen molar-refractivity contribution in [1.82, 2.24) is 4.72 Å². The highest BCUT2D eigenvalue weighted by Gasteiger charge is 2.24. The van der Waals surface area contributed by atoms with Gasteiger partial charge in [0, 0.05) is 11.0 Å². The Labute approximate surface area is 132 Å². The summed E-state index contributed by atoms with van der Waals surface area (Å²) in [5, 5.41) is 9.04. The number of hydrogen-bond acceptors (Lipinski definition) is 3. The van der Waals surface area contributed by atoms with Gasteiger partial charge in [0.2, 0.25) is 10.0 Å². The third-order valence-electron chi connectivity index (χ3n) is 3.84. The van der Waals surface area contributed by atoms with E-state index in [1.54, 1.807) is 0 Å². The Hall–Kier alpha value is -0.920. The lowest BCUT2D eigenvalue weighted by molar-refractivity contribution is 0.0695. The van der Waals surface area contributed by atoms with Crippen LogP contribution in [0.3, 0.4) is 0 Å². The van der Waals surface area contributed by atoms with E-state index in [1.807, 2.05) is 0 Å². The maximum absolute atomic E-state index is 12.2. The average molecular weight is 376 g/mol. The summed E-state index contributed by atoms with van der Waals surface area (Å²) in [6.07, 6.45) is 3.20. The first-order chi connectivity index (χ1) is 9.79. The van der Waals surface area contributed by atoms with Crippen LogP contribution < -0.4 is 4.72 Å². The summed E-state index contributed by atoms with van der Waals surface area (Å²) in [5.41, 5.74) is -0.0626. The first-order valence-electron chi connectivity index (χ1n) is 6.82. The molecule has 116 valence electrons. The van der Waals surface area contributed by atoms with E-state index in [4.69, 9.17) is 5.11 Å². The summed E-state index contributed by atoms with van der Waals surface area (Å²) < 4.78 is 27.4. The number of halogens is 1. The van der Waals surface area contributed by atoms with Gasteiger partial charge >= 0.3 is 5.97 Å². The SMILES string of the molecule is CC1CCC(CNS(=O)(=O)c2ccc(Br)c(C(=O)O)c2)C1. The summed E-state index contributed by atoms with van der Waals surface area (Å²) >= 11 is 3.10. The van der Waals surface area contributed by atoms with Crippen LogP contribution in [0.2, 0.25) is 0 Å². The van der Waals surface area contributed by atoms with E-state index in [0.29, 0.717) is 22.9 Å². The number of hydrogen-bond donors (Lipinski definition) is 2. The van der Waals surface area contributed by atoms with Gasteiger partial charge in [-0.2, -0.15) is 0 Å². The molecule has 0 aliphatic heterocycles. The Bertz CT molecular complexity index is 644. The molecule has 1 fully saturated rings. The van der Waals surface area contributed by atoms with Gasteiger partial charge < -0.3 is 5.11 Å².